The molecule has 2 rings (SSSR count). The smallest absolute Gasteiger partial charge is 0.255 e. The normalized spacial score (nSPS) is 10.3. The van der Waals surface area contributed by atoms with Crippen LogP contribution in [0.5, 0.6) is 5.75 Å². The summed E-state index contributed by atoms with van der Waals surface area (Å²) in [4.78, 5) is 3.48. The summed E-state index contributed by atoms with van der Waals surface area (Å²) < 4.78 is 18.4. The Labute approximate surface area is 108 Å². The molecule has 1 aromatic carbocycles. The molecule has 0 bridgehead atoms. The second kappa shape index (κ2) is 5.34. The molecular formula is C12H8Cl2FNO. The highest BCUT2D eigenvalue weighted by molar-refractivity contribution is 6.35. The standard InChI is InChI=1S/C12H8Cl2FNO/c13-9-4-3-8(10(14)6-9)7-17-11-2-1-5-16-12(11)15/h1-6H,7H2. The van der Waals surface area contributed by atoms with E-state index in [0.29, 0.717) is 10.0 Å². The summed E-state index contributed by atoms with van der Waals surface area (Å²) in [6, 6.07) is 8.15. The lowest BCUT2D eigenvalue weighted by Crippen LogP contribution is -1.99. The maximum absolute atomic E-state index is 13.2. The number of nitrogens with zero attached hydrogens (tertiary/aromatic N) is 1. The summed E-state index contributed by atoms with van der Waals surface area (Å²) in [7, 11) is 0. The molecule has 2 aromatic rings. The van der Waals surface area contributed by atoms with Crippen LogP contribution >= 0.6 is 23.2 Å². The number of ether oxygens (including phenoxy) is 1. The van der Waals surface area contributed by atoms with Crippen LogP contribution in [0.3, 0.4) is 0 Å². The van der Waals surface area contributed by atoms with E-state index in [2.05, 4.69) is 4.98 Å². The van der Waals surface area contributed by atoms with Gasteiger partial charge in [-0.25, -0.2) is 4.98 Å². The molecule has 0 aliphatic carbocycles. The Balaban J connectivity index is 2.10. The van der Waals surface area contributed by atoms with Gasteiger partial charge in [-0.2, -0.15) is 4.39 Å². The summed E-state index contributed by atoms with van der Waals surface area (Å²) in [6.07, 6.45) is 1.36. The van der Waals surface area contributed by atoms with Gasteiger partial charge in [-0.15, -0.1) is 0 Å². The third-order valence-electron chi connectivity index (χ3n) is 2.12. The van der Waals surface area contributed by atoms with Crippen LogP contribution in [0, 0.1) is 5.95 Å². The van der Waals surface area contributed by atoms with E-state index in [9.17, 15) is 4.39 Å². The highest BCUT2D eigenvalue weighted by atomic mass is 35.5. The van der Waals surface area contributed by atoms with Gasteiger partial charge in [-0.1, -0.05) is 29.3 Å². The van der Waals surface area contributed by atoms with E-state index < -0.39 is 5.95 Å². The molecule has 0 radical (unpaired) electrons. The lowest BCUT2D eigenvalue weighted by molar-refractivity contribution is 0.286. The van der Waals surface area contributed by atoms with Crippen molar-refractivity contribution >= 4 is 23.2 Å². The maximum atomic E-state index is 13.2. The lowest BCUT2D eigenvalue weighted by atomic mass is 10.2. The quantitative estimate of drug-likeness (QED) is 0.784. The number of hydrogen-bond donors (Lipinski definition) is 0. The van der Waals surface area contributed by atoms with Crippen LogP contribution in [0.4, 0.5) is 4.39 Å². The molecule has 0 aliphatic rings. The Kier molecular flexibility index (Phi) is 3.82. The molecule has 0 saturated heterocycles. The van der Waals surface area contributed by atoms with Gasteiger partial charge in [0.05, 0.1) is 0 Å². The molecule has 0 atom stereocenters. The molecule has 0 amide bonds. The number of benzene rings is 1. The first-order chi connectivity index (χ1) is 8.16. The molecule has 17 heavy (non-hydrogen) atoms. The van der Waals surface area contributed by atoms with Crippen molar-refractivity contribution in [1.82, 2.24) is 4.98 Å². The minimum absolute atomic E-state index is 0.0958. The Morgan fingerprint density at radius 3 is 2.76 bits per heavy atom. The zero-order valence-electron chi connectivity index (χ0n) is 8.66. The average Bonchev–Trinajstić information content (AvgIpc) is 2.30. The van der Waals surface area contributed by atoms with Gasteiger partial charge in [0.1, 0.15) is 6.61 Å². The first-order valence-electron chi connectivity index (χ1n) is 4.84. The highest BCUT2D eigenvalue weighted by Crippen LogP contribution is 2.23. The van der Waals surface area contributed by atoms with Crippen LogP contribution < -0.4 is 4.74 Å². The van der Waals surface area contributed by atoms with Gasteiger partial charge >= 0.3 is 0 Å². The predicted octanol–water partition coefficient (Wildman–Crippen LogP) is 4.11. The molecule has 88 valence electrons. The summed E-state index contributed by atoms with van der Waals surface area (Å²) in [5, 5.41) is 1.04. The Hall–Kier alpha value is -1.32. The van der Waals surface area contributed by atoms with Crippen molar-refractivity contribution in [3.63, 3.8) is 0 Å². The molecule has 0 N–H and O–H groups in total. The Morgan fingerprint density at radius 2 is 2.06 bits per heavy atom. The Bertz CT molecular complexity index is 534. The molecule has 0 aliphatic heterocycles. The van der Waals surface area contributed by atoms with Gasteiger partial charge in [0.2, 0.25) is 0 Å². The molecule has 0 saturated carbocycles. The van der Waals surface area contributed by atoms with Gasteiger partial charge in [0, 0.05) is 21.8 Å². The molecule has 1 aromatic heterocycles. The molecule has 1 heterocycles. The molecule has 0 unspecified atom stereocenters. The summed E-state index contributed by atoms with van der Waals surface area (Å²) in [6.45, 7) is 0.165. The fourth-order valence-electron chi connectivity index (χ4n) is 1.27. The summed E-state index contributed by atoms with van der Waals surface area (Å²) in [5.41, 5.74) is 0.735. The molecule has 5 heteroatoms. The second-order valence-corrected chi connectivity index (χ2v) is 4.16. The number of pyridine rings is 1. The number of halogens is 3. The van der Waals surface area contributed by atoms with E-state index in [1.807, 2.05) is 0 Å². The first kappa shape index (κ1) is 12.1. The van der Waals surface area contributed by atoms with Gasteiger partial charge in [0.25, 0.3) is 5.95 Å². The van der Waals surface area contributed by atoms with E-state index >= 15 is 0 Å². The van der Waals surface area contributed by atoms with Crippen molar-refractivity contribution in [2.45, 2.75) is 6.61 Å². The van der Waals surface area contributed by atoms with Gasteiger partial charge < -0.3 is 4.74 Å². The largest absolute Gasteiger partial charge is 0.484 e. The van der Waals surface area contributed by atoms with Gasteiger partial charge in [-0.05, 0) is 24.3 Å². The third kappa shape index (κ3) is 3.08. The third-order valence-corrected chi connectivity index (χ3v) is 2.71. The molecule has 0 fully saturated rings. The van der Waals surface area contributed by atoms with Crippen LogP contribution in [-0.2, 0) is 6.61 Å². The maximum Gasteiger partial charge on any atom is 0.255 e. The highest BCUT2D eigenvalue weighted by Gasteiger charge is 2.06. The number of hydrogen-bond acceptors (Lipinski definition) is 2. The Morgan fingerprint density at radius 1 is 1.24 bits per heavy atom. The SMILES string of the molecule is Fc1ncccc1OCc1ccc(Cl)cc1Cl. The van der Waals surface area contributed by atoms with E-state index in [0.717, 1.165) is 5.56 Å². The number of rotatable bonds is 3. The van der Waals surface area contributed by atoms with Crippen molar-refractivity contribution in [3.8, 4) is 5.75 Å². The van der Waals surface area contributed by atoms with Crippen molar-refractivity contribution < 1.29 is 9.13 Å². The molecule has 0 spiro atoms. The first-order valence-corrected chi connectivity index (χ1v) is 5.59. The summed E-state index contributed by atoms with van der Waals surface area (Å²) in [5.74, 6) is -0.545. The monoisotopic (exact) mass is 271 g/mol. The van der Waals surface area contributed by atoms with Crippen molar-refractivity contribution in [1.29, 1.82) is 0 Å². The van der Waals surface area contributed by atoms with Crippen molar-refractivity contribution in [2.24, 2.45) is 0 Å². The zero-order valence-corrected chi connectivity index (χ0v) is 10.2. The fourth-order valence-corrected chi connectivity index (χ4v) is 1.74. The van der Waals surface area contributed by atoms with Crippen molar-refractivity contribution in [2.75, 3.05) is 0 Å². The van der Waals surface area contributed by atoms with E-state index in [1.165, 1.54) is 12.3 Å². The van der Waals surface area contributed by atoms with Crippen LogP contribution in [-0.4, -0.2) is 4.98 Å². The summed E-state index contributed by atoms with van der Waals surface area (Å²) >= 11 is 11.7. The fraction of sp³-hybridized carbons (Fsp3) is 0.0833. The molecule has 2 nitrogen and oxygen atoms in total. The zero-order chi connectivity index (χ0) is 12.3. The lowest BCUT2D eigenvalue weighted by Gasteiger charge is -2.08. The van der Waals surface area contributed by atoms with E-state index in [1.54, 1.807) is 24.3 Å². The van der Waals surface area contributed by atoms with Crippen molar-refractivity contribution in [3.05, 3.63) is 58.1 Å². The van der Waals surface area contributed by atoms with Gasteiger partial charge in [0.15, 0.2) is 5.75 Å². The van der Waals surface area contributed by atoms with Gasteiger partial charge in [-0.3, -0.25) is 0 Å². The van der Waals surface area contributed by atoms with E-state index in [-0.39, 0.29) is 12.4 Å². The van der Waals surface area contributed by atoms with Crippen LogP contribution in [0.1, 0.15) is 5.56 Å². The minimum Gasteiger partial charge on any atom is -0.484 e. The van der Waals surface area contributed by atoms with Crippen LogP contribution in [0.15, 0.2) is 36.5 Å². The average molecular weight is 272 g/mol. The predicted molar refractivity (Wildman–Crippen MR) is 65.0 cm³/mol. The number of aromatic nitrogens is 1. The topological polar surface area (TPSA) is 22.1 Å². The van der Waals surface area contributed by atoms with Crippen LogP contribution in [0.2, 0.25) is 10.0 Å². The second-order valence-electron chi connectivity index (χ2n) is 3.32. The van der Waals surface area contributed by atoms with Crippen LogP contribution in [0.25, 0.3) is 0 Å². The molecular weight excluding hydrogens is 264 g/mol. The van der Waals surface area contributed by atoms with E-state index in [4.69, 9.17) is 27.9 Å². The minimum atomic E-state index is -0.641.